The first kappa shape index (κ1) is 14.9. The highest BCUT2D eigenvalue weighted by molar-refractivity contribution is 7.09. The van der Waals surface area contributed by atoms with E-state index in [1.807, 2.05) is 0 Å². The molecular formula is C12H14ClN3O3S. The van der Waals surface area contributed by atoms with Gasteiger partial charge in [-0.2, -0.15) is 0 Å². The van der Waals surface area contributed by atoms with Gasteiger partial charge in [-0.1, -0.05) is 0 Å². The molecule has 1 aromatic heterocycles. The van der Waals surface area contributed by atoms with Crippen molar-refractivity contribution in [2.75, 3.05) is 7.05 Å². The number of rotatable bonds is 4. The molecule has 2 rings (SSSR count). The number of hydrogen-bond acceptors (Lipinski definition) is 5. The lowest BCUT2D eigenvalue weighted by atomic mass is 10.0. The van der Waals surface area contributed by atoms with E-state index in [1.165, 1.54) is 18.4 Å². The van der Waals surface area contributed by atoms with Crippen LogP contribution in [0.5, 0.6) is 0 Å². The van der Waals surface area contributed by atoms with Gasteiger partial charge in [-0.15, -0.1) is 22.9 Å². The zero-order valence-electron chi connectivity index (χ0n) is 10.9. The molecule has 20 heavy (non-hydrogen) atoms. The smallest absolute Gasteiger partial charge is 0.251 e. The lowest BCUT2D eigenvalue weighted by Crippen LogP contribution is -2.53. The van der Waals surface area contributed by atoms with Gasteiger partial charge in [-0.3, -0.25) is 19.3 Å². The highest BCUT2D eigenvalue weighted by atomic mass is 35.5. The third-order valence-electron chi connectivity index (χ3n) is 3.03. The normalized spacial score (nSPS) is 19.3. The molecule has 0 bridgehead atoms. The molecule has 0 radical (unpaired) electrons. The van der Waals surface area contributed by atoms with Crippen LogP contribution >= 0.6 is 22.9 Å². The molecule has 0 aromatic carbocycles. The van der Waals surface area contributed by atoms with E-state index in [-0.39, 0.29) is 30.6 Å². The first-order valence-electron chi connectivity index (χ1n) is 6.10. The van der Waals surface area contributed by atoms with Crippen LogP contribution in [0.1, 0.15) is 23.5 Å². The summed E-state index contributed by atoms with van der Waals surface area (Å²) >= 11 is 7.00. The van der Waals surface area contributed by atoms with Crippen molar-refractivity contribution in [2.45, 2.75) is 31.2 Å². The molecule has 1 fully saturated rings. The zero-order chi connectivity index (χ0) is 14.7. The Morgan fingerprint density at radius 3 is 3.00 bits per heavy atom. The number of carbonyl (C=O) groups is 3. The van der Waals surface area contributed by atoms with Gasteiger partial charge in [0.15, 0.2) is 0 Å². The van der Waals surface area contributed by atoms with Crippen LogP contribution in [-0.4, -0.2) is 40.7 Å². The summed E-state index contributed by atoms with van der Waals surface area (Å²) in [6.45, 7) is 0. The third-order valence-corrected chi connectivity index (χ3v) is 4.20. The van der Waals surface area contributed by atoms with Gasteiger partial charge in [0.05, 0.1) is 18.0 Å². The number of piperidine rings is 1. The standard InChI is InChI=1S/C12H14ClN3O3S/c1-16-11(18)3-2-8(12(16)19)15-9(17)4-10-14-7(5-13)6-20-10/h6,8H,2-5H2,1H3,(H,15,17). The van der Waals surface area contributed by atoms with Crippen molar-refractivity contribution in [1.82, 2.24) is 15.2 Å². The molecule has 108 valence electrons. The fourth-order valence-electron chi connectivity index (χ4n) is 1.92. The molecule has 1 atom stereocenters. The first-order chi connectivity index (χ1) is 9.51. The average Bonchev–Trinajstić information content (AvgIpc) is 2.87. The SMILES string of the molecule is CN1C(=O)CCC(NC(=O)Cc2nc(CCl)cs2)C1=O. The van der Waals surface area contributed by atoms with Crippen molar-refractivity contribution in [3.63, 3.8) is 0 Å². The second-order valence-electron chi connectivity index (χ2n) is 4.49. The van der Waals surface area contributed by atoms with Gasteiger partial charge in [0.1, 0.15) is 11.0 Å². The molecule has 2 heterocycles. The number of nitrogens with zero attached hydrogens (tertiary/aromatic N) is 2. The third kappa shape index (κ3) is 3.34. The van der Waals surface area contributed by atoms with Crippen LogP contribution in [0.2, 0.25) is 0 Å². The number of halogens is 1. The maximum absolute atomic E-state index is 11.9. The number of likely N-dealkylation sites (N-methyl/N-ethyl adjacent to an activating group) is 1. The summed E-state index contributed by atoms with van der Waals surface area (Å²) in [4.78, 5) is 40.3. The minimum atomic E-state index is -0.627. The number of imide groups is 1. The van der Waals surface area contributed by atoms with E-state index in [9.17, 15) is 14.4 Å². The summed E-state index contributed by atoms with van der Waals surface area (Å²) in [5, 5.41) is 5.10. The highest BCUT2D eigenvalue weighted by Gasteiger charge is 2.32. The van der Waals surface area contributed by atoms with Crippen LogP contribution in [0.25, 0.3) is 0 Å². The van der Waals surface area contributed by atoms with Crippen LogP contribution in [0.4, 0.5) is 0 Å². The summed E-state index contributed by atoms with van der Waals surface area (Å²) in [5.41, 5.74) is 0.735. The number of thiazole rings is 1. The molecule has 0 saturated carbocycles. The van der Waals surface area contributed by atoms with E-state index in [4.69, 9.17) is 11.6 Å². The van der Waals surface area contributed by atoms with Crippen molar-refractivity contribution in [2.24, 2.45) is 0 Å². The van der Waals surface area contributed by atoms with E-state index < -0.39 is 6.04 Å². The Labute approximate surface area is 125 Å². The molecule has 1 aromatic rings. The predicted octanol–water partition coefficient (Wildman–Crippen LogP) is 0.688. The van der Waals surface area contributed by atoms with Crippen LogP contribution in [0.15, 0.2) is 5.38 Å². The van der Waals surface area contributed by atoms with Crippen LogP contribution in [-0.2, 0) is 26.7 Å². The molecule has 1 aliphatic heterocycles. The monoisotopic (exact) mass is 315 g/mol. The van der Waals surface area contributed by atoms with Crippen LogP contribution < -0.4 is 5.32 Å². The van der Waals surface area contributed by atoms with Crippen molar-refractivity contribution in [3.8, 4) is 0 Å². The number of alkyl halides is 1. The lowest BCUT2D eigenvalue weighted by molar-refractivity contribution is -0.149. The van der Waals surface area contributed by atoms with E-state index in [2.05, 4.69) is 10.3 Å². The maximum atomic E-state index is 11.9. The summed E-state index contributed by atoms with van der Waals surface area (Å²) in [6, 6.07) is -0.627. The molecule has 1 aliphatic rings. The van der Waals surface area contributed by atoms with Crippen LogP contribution in [0, 0.1) is 0 Å². The second-order valence-corrected chi connectivity index (χ2v) is 5.70. The van der Waals surface area contributed by atoms with Gasteiger partial charge in [0.2, 0.25) is 11.8 Å². The number of amides is 3. The van der Waals surface area contributed by atoms with Crippen molar-refractivity contribution in [3.05, 3.63) is 16.1 Å². The molecule has 0 spiro atoms. The van der Waals surface area contributed by atoms with Crippen LogP contribution in [0.3, 0.4) is 0 Å². The number of likely N-dealkylation sites (tertiary alicyclic amines) is 1. The summed E-state index contributed by atoms with van der Waals surface area (Å²) < 4.78 is 0. The lowest BCUT2D eigenvalue weighted by Gasteiger charge is -2.28. The topological polar surface area (TPSA) is 79.4 Å². The summed E-state index contributed by atoms with van der Waals surface area (Å²) in [6.07, 6.45) is 0.725. The predicted molar refractivity (Wildman–Crippen MR) is 74.3 cm³/mol. The fourth-order valence-corrected chi connectivity index (χ4v) is 2.94. The van der Waals surface area contributed by atoms with E-state index in [1.54, 1.807) is 5.38 Å². The number of nitrogens with one attached hydrogen (secondary N) is 1. The van der Waals surface area contributed by atoms with Gasteiger partial charge in [0.25, 0.3) is 5.91 Å². The van der Waals surface area contributed by atoms with Gasteiger partial charge >= 0.3 is 0 Å². The minimum Gasteiger partial charge on any atom is -0.344 e. The Bertz CT molecular complexity index is 546. The number of carbonyl (C=O) groups excluding carboxylic acids is 3. The van der Waals surface area contributed by atoms with Crippen molar-refractivity contribution < 1.29 is 14.4 Å². The molecular weight excluding hydrogens is 302 g/mol. The first-order valence-corrected chi connectivity index (χ1v) is 7.51. The number of aromatic nitrogens is 1. The molecule has 1 unspecified atom stereocenters. The molecule has 0 aliphatic carbocycles. The van der Waals surface area contributed by atoms with E-state index >= 15 is 0 Å². The van der Waals surface area contributed by atoms with E-state index in [0.717, 1.165) is 10.6 Å². The Kier molecular flexibility index (Phi) is 4.72. The average molecular weight is 316 g/mol. The summed E-state index contributed by atoms with van der Waals surface area (Å²) in [7, 11) is 1.43. The Balaban J connectivity index is 1.91. The van der Waals surface area contributed by atoms with Crippen molar-refractivity contribution in [1.29, 1.82) is 0 Å². The Morgan fingerprint density at radius 1 is 1.60 bits per heavy atom. The minimum absolute atomic E-state index is 0.114. The van der Waals surface area contributed by atoms with E-state index in [0.29, 0.717) is 17.3 Å². The van der Waals surface area contributed by atoms with Gasteiger partial charge in [-0.05, 0) is 6.42 Å². The second kappa shape index (κ2) is 6.32. The quantitative estimate of drug-likeness (QED) is 0.655. The number of hydrogen-bond donors (Lipinski definition) is 1. The van der Waals surface area contributed by atoms with Gasteiger partial charge in [-0.25, -0.2) is 4.98 Å². The highest BCUT2D eigenvalue weighted by Crippen LogP contribution is 2.14. The van der Waals surface area contributed by atoms with Gasteiger partial charge in [0, 0.05) is 18.8 Å². The fraction of sp³-hybridized carbons (Fsp3) is 0.500. The molecule has 6 nitrogen and oxygen atoms in total. The largest absolute Gasteiger partial charge is 0.344 e. The summed E-state index contributed by atoms with van der Waals surface area (Å²) in [5.74, 6) is -0.546. The molecule has 3 amide bonds. The Morgan fingerprint density at radius 2 is 2.35 bits per heavy atom. The Hall–Kier alpha value is -1.47. The molecule has 1 saturated heterocycles. The molecule has 8 heteroatoms. The maximum Gasteiger partial charge on any atom is 0.251 e. The zero-order valence-corrected chi connectivity index (χ0v) is 12.5. The van der Waals surface area contributed by atoms with Crippen molar-refractivity contribution >= 4 is 40.7 Å². The molecule has 1 N–H and O–H groups in total. The van der Waals surface area contributed by atoms with Gasteiger partial charge < -0.3 is 5.32 Å².